The molecule has 0 spiro atoms. The zero-order valence-electron chi connectivity index (χ0n) is 16.2. The summed E-state index contributed by atoms with van der Waals surface area (Å²) in [5.74, 6) is 0.450. The van der Waals surface area contributed by atoms with Gasteiger partial charge in [-0.3, -0.25) is 14.7 Å². The number of carbonyl (C=O) groups excluding carboxylic acids is 1. The lowest BCUT2D eigenvalue weighted by molar-refractivity contribution is 0.102. The lowest BCUT2D eigenvalue weighted by Gasteiger charge is -2.24. The fraction of sp³-hybridized carbons (Fsp3) is 0.318. The Hall–Kier alpha value is -2.99. The van der Waals surface area contributed by atoms with Crippen molar-refractivity contribution < 1.29 is 9.32 Å². The van der Waals surface area contributed by atoms with E-state index in [9.17, 15) is 4.79 Å². The van der Waals surface area contributed by atoms with Gasteiger partial charge in [0.25, 0.3) is 5.91 Å². The minimum atomic E-state index is -0.159. The second-order valence-corrected chi connectivity index (χ2v) is 7.23. The minimum absolute atomic E-state index is 0.159. The molecule has 4 rings (SSSR count). The van der Waals surface area contributed by atoms with Gasteiger partial charge >= 0.3 is 0 Å². The predicted octanol–water partition coefficient (Wildman–Crippen LogP) is 4.28. The largest absolute Gasteiger partial charge is 0.359 e. The lowest BCUT2D eigenvalue weighted by Crippen LogP contribution is -2.23. The van der Waals surface area contributed by atoms with Crippen molar-refractivity contribution in [2.24, 2.45) is 0 Å². The first kappa shape index (κ1) is 18.4. The zero-order valence-corrected chi connectivity index (χ0v) is 16.2. The summed E-state index contributed by atoms with van der Waals surface area (Å²) in [6.07, 6.45) is 4.17. The third-order valence-electron chi connectivity index (χ3n) is 5.27. The van der Waals surface area contributed by atoms with Crippen LogP contribution < -0.4 is 5.32 Å². The van der Waals surface area contributed by atoms with Crippen LogP contribution in [0.15, 0.2) is 53.2 Å². The Kier molecular flexibility index (Phi) is 5.21. The number of pyridine rings is 1. The summed E-state index contributed by atoms with van der Waals surface area (Å²) in [5.41, 5.74) is 4.26. The van der Waals surface area contributed by atoms with Crippen molar-refractivity contribution in [2.45, 2.75) is 39.3 Å². The Balaban J connectivity index is 1.42. The van der Waals surface area contributed by atoms with Crippen LogP contribution in [0, 0.1) is 13.8 Å². The molecule has 1 aliphatic heterocycles. The molecule has 6 nitrogen and oxygen atoms in total. The lowest BCUT2D eigenvalue weighted by atomic mass is 10.1. The van der Waals surface area contributed by atoms with Gasteiger partial charge < -0.3 is 9.84 Å². The molecule has 144 valence electrons. The fourth-order valence-electron chi connectivity index (χ4n) is 3.77. The van der Waals surface area contributed by atoms with Gasteiger partial charge in [-0.2, -0.15) is 0 Å². The van der Waals surface area contributed by atoms with E-state index >= 15 is 0 Å². The van der Waals surface area contributed by atoms with E-state index in [1.54, 1.807) is 6.92 Å². The smallest absolute Gasteiger partial charge is 0.255 e. The van der Waals surface area contributed by atoms with Crippen LogP contribution in [-0.2, 0) is 6.54 Å². The fourth-order valence-corrected chi connectivity index (χ4v) is 3.77. The molecule has 1 fully saturated rings. The van der Waals surface area contributed by atoms with Crippen LogP contribution in [0.25, 0.3) is 0 Å². The highest BCUT2D eigenvalue weighted by atomic mass is 16.5. The SMILES string of the molecule is Cc1noc(C)c1NC(=O)c1ccc(CN2CCCC2c2ccccn2)cc1. The summed E-state index contributed by atoms with van der Waals surface area (Å²) in [7, 11) is 0. The van der Waals surface area contributed by atoms with Crippen LogP contribution in [0.1, 0.15) is 52.0 Å². The number of aryl methyl sites for hydroxylation is 2. The van der Waals surface area contributed by atoms with Gasteiger partial charge in [-0.05, 0) is 63.1 Å². The van der Waals surface area contributed by atoms with Gasteiger partial charge in [0.1, 0.15) is 11.4 Å². The van der Waals surface area contributed by atoms with Crippen molar-refractivity contribution in [2.75, 3.05) is 11.9 Å². The van der Waals surface area contributed by atoms with E-state index in [-0.39, 0.29) is 5.91 Å². The molecule has 1 saturated heterocycles. The topological polar surface area (TPSA) is 71.3 Å². The number of nitrogens with zero attached hydrogens (tertiary/aromatic N) is 3. The van der Waals surface area contributed by atoms with Gasteiger partial charge in [0.05, 0.1) is 11.7 Å². The molecule has 0 aliphatic carbocycles. The first-order chi connectivity index (χ1) is 13.6. The molecule has 0 saturated carbocycles. The van der Waals surface area contributed by atoms with Gasteiger partial charge in [0.15, 0.2) is 5.76 Å². The maximum Gasteiger partial charge on any atom is 0.255 e. The number of nitrogens with one attached hydrogen (secondary N) is 1. The Bertz CT molecular complexity index is 931. The van der Waals surface area contributed by atoms with Crippen molar-refractivity contribution in [3.05, 3.63) is 76.9 Å². The molecule has 0 bridgehead atoms. The molecule has 0 radical (unpaired) electrons. The number of likely N-dealkylation sites (tertiary alicyclic amines) is 1. The molecule has 1 amide bonds. The zero-order chi connectivity index (χ0) is 19.5. The number of rotatable bonds is 5. The van der Waals surface area contributed by atoms with Gasteiger partial charge in [-0.25, -0.2) is 0 Å². The summed E-state index contributed by atoms with van der Waals surface area (Å²) >= 11 is 0. The second-order valence-electron chi connectivity index (χ2n) is 7.23. The summed E-state index contributed by atoms with van der Waals surface area (Å²) in [4.78, 5) is 19.5. The maximum absolute atomic E-state index is 12.5. The molecule has 2 aromatic heterocycles. The summed E-state index contributed by atoms with van der Waals surface area (Å²) < 4.78 is 5.10. The van der Waals surface area contributed by atoms with E-state index in [0.717, 1.165) is 25.2 Å². The first-order valence-corrected chi connectivity index (χ1v) is 9.60. The van der Waals surface area contributed by atoms with Crippen molar-refractivity contribution in [3.63, 3.8) is 0 Å². The van der Waals surface area contributed by atoms with Crippen LogP contribution in [0.2, 0.25) is 0 Å². The highest BCUT2D eigenvalue weighted by Crippen LogP contribution is 2.32. The number of aromatic nitrogens is 2. The van der Waals surface area contributed by atoms with Crippen LogP contribution in [0.4, 0.5) is 5.69 Å². The van der Waals surface area contributed by atoms with E-state index in [4.69, 9.17) is 4.52 Å². The molecule has 1 aromatic carbocycles. The Labute approximate surface area is 164 Å². The number of hydrogen-bond donors (Lipinski definition) is 1. The molecular weight excluding hydrogens is 352 g/mol. The average Bonchev–Trinajstić information content (AvgIpc) is 3.31. The number of anilines is 1. The van der Waals surface area contributed by atoms with Crippen LogP contribution in [0.5, 0.6) is 0 Å². The van der Waals surface area contributed by atoms with Crippen molar-refractivity contribution in [1.82, 2.24) is 15.0 Å². The monoisotopic (exact) mass is 376 g/mol. The van der Waals surface area contributed by atoms with E-state index in [2.05, 4.69) is 26.4 Å². The molecule has 3 heterocycles. The van der Waals surface area contributed by atoms with Crippen LogP contribution in [0.3, 0.4) is 0 Å². The maximum atomic E-state index is 12.5. The minimum Gasteiger partial charge on any atom is -0.359 e. The number of carbonyl (C=O) groups is 1. The van der Waals surface area contributed by atoms with E-state index in [1.165, 1.54) is 12.0 Å². The number of benzene rings is 1. The van der Waals surface area contributed by atoms with Gasteiger partial charge in [0.2, 0.25) is 0 Å². The Morgan fingerprint density at radius 1 is 1.21 bits per heavy atom. The molecule has 1 N–H and O–H groups in total. The third-order valence-corrected chi connectivity index (χ3v) is 5.27. The molecule has 6 heteroatoms. The van der Waals surface area contributed by atoms with E-state index in [0.29, 0.717) is 28.7 Å². The van der Waals surface area contributed by atoms with Gasteiger partial charge in [-0.1, -0.05) is 23.4 Å². The third kappa shape index (κ3) is 3.82. The molecule has 1 atom stereocenters. The second kappa shape index (κ2) is 7.94. The first-order valence-electron chi connectivity index (χ1n) is 9.60. The molecule has 28 heavy (non-hydrogen) atoms. The summed E-state index contributed by atoms with van der Waals surface area (Å²) in [6, 6.07) is 14.3. The predicted molar refractivity (Wildman–Crippen MR) is 107 cm³/mol. The quantitative estimate of drug-likeness (QED) is 0.720. The molecule has 3 aromatic rings. The molecule has 1 unspecified atom stereocenters. The van der Waals surface area contributed by atoms with E-state index < -0.39 is 0 Å². The molecule has 1 aliphatic rings. The number of amides is 1. The normalized spacial score (nSPS) is 17.0. The van der Waals surface area contributed by atoms with Crippen molar-refractivity contribution in [3.8, 4) is 0 Å². The highest BCUT2D eigenvalue weighted by Gasteiger charge is 2.26. The van der Waals surface area contributed by atoms with Crippen LogP contribution in [-0.4, -0.2) is 27.5 Å². The summed E-state index contributed by atoms with van der Waals surface area (Å²) in [5, 5.41) is 6.75. The number of hydrogen-bond acceptors (Lipinski definition) is 5. The van der Waals surface area contributed by atoms with Crippen molar-refractivity contribution in [1.29, 1.82) is 0 Å². The average molecular weight is 376 g/mol. The summed E-state index contributed by atoms with van der Waals surface area (Å²) in [6.45, 7) is 5.51. The molecular formula is C22H24N4O2. The standard InChI is InChI=1S/C22H24N4O2/c1-15-21(16(2)28-25-15)24-22(27)18-10-8-17(9-11-18)14-26-13-5-7-20(26)19-6-3-4-12-23-19/h3-4,6,8-12,20H,5,7,13-14H2,1-2H3,(H,24,27). The Morgan fingerprint density at radius 2 is 2.04 bits per heavy atom. The highest BCUT2D eigenvalue weighted by molar-refractivity contribution is 6.04. The van der Waals surface area contributed by atoms with Gasteiger partial charge in [-0.15, -0.1) is 0 Å². The van der Waals surface area contributed by atoms with E-state index in [1.807, 2.05) is 49.5 Å². The van der Waals surface area contributed by atoms with Crippen molar-refractivity contribution >= 4 is 11.6 Å². The van der Waals surface area contributed by atoms with Gasteiger partial charge in [0, 0.05) is 18.3 Å². The Morgan fingerprint density at radius 3 is 2.71 bits per heavy atom. The van der Waals surface area contributed by atoms with Crippen LogP contribution >= 0.6 is 0 Å².